The van der Waals surface area contributed by atoms with Crippen molar-refractivity contribution < 1.29 is 0 Å². The second kappa shape index (κ2) is 7.15. The third-order valence-electron chi connectivity index (χ3n) is 3.11. The molecule has 0 amide bonds. The molecule has 2 aromatic carbocycles. The number of hydrogen-bond donors (Lipinski definition) is 1. The van der Waals surface area contributed by atoms with Crippen molar-refractivity contribution in [2.45, 2.75) is 12.5 Å². The van der Waals surface area contributed by atoms with Gasteiger partial charge in [0.2, 0.25) is 0 Å². The smallest absolute Gasteiger partial charge is 0.0439 e. The molecule has 0 fully saturated rings. The normalized spacial score (nSPS) is 12.4. The van der Waals surface area contributed by atoms with Crippen LogP contribution < -0.4 is 5.32 Å². The van der Waals surface area contributed by atoms with Gasteiger partial charge >= 0.3 is 0 Å². The van der Waals surface area contributed by atoms with Crippen molar-refractivity contribution in [1.29, 1.82) is 0 Å². The van der Waals surface area contributed by atoms with Gasteiger partial charge in [0.1, 0.15) is 0 Å². The minimum absolute atomic E-state index is 0.0963. The van der Waals surface area contributed by atoms with Gasteiger partial charge in [-0.15, -0.1) is 0 Å². The summed E-state index contributed by atoms with van der Waals surface area (Å²) in [6.07, 6.45) is 0.731. The van der Waals surface area contributed by atoms with Crippen LogP contribution in [0, 0.1) is 0 Å². The van der Waals surface area contributed by atoms with Crippen LogP contribution >= 0.6 is 50.7 Å². The Morgan fingerprint density at radius 1 is 1.05 bits per heavy atom. The zero-order valence-corrected chi connectivity index (χ0v) is 14.6. The fourth-order valence-corrected chi connectivity index (χ4v) is 3.16. The van der Waals surface area contributed by atoms with E-state index in [4.69, 9.17) is 34.8 Å². The molecule has 0 heterocycles. The Kier molecular flexibility index (Phi) is 5.76. The van der Waals surface area contributed by atoms with Crippen LogP contribution in [0.5, 0.6) is 0 Å². The lowest BCUT2D eigenvalue weighted by molar-refractivity contribution is 0.590. The monoisotopic (exact) mass is 391 g/mol. The van der Waals surface area contributed by atoms with E-state index in [1.54, 1.807) is 6.07 Å². The van der Waals surface area contributed by atoms with Crippen LogP contribution in [0.4, 0.5) is 0 Å². The summed E-state index contributed by atoms with van der Waals surface area (Å²) in [5.41, 5.74) is 2.10. The first-order valence-electron chi connectivity index (χ1n) is 6.07. The van der Waals surface area contributed by atoms with E-state index >= 15 is 0 Å². The summed E-state index contributed by atoms with van der Waals surface area (Å²) in [5, 5.41) is 5.40. The van der Waals surface area contributed by atoms with Gasteiger partial charge in [0.15, 0.2) is 0 Å². The molecule has 0 radical (unpaired) electrons. The molecule has 106 valence electrons. The average molecular weight is 394 g/mol. The minimum atomic E-state index is 0.0963. The average Bonchev–Trinajstić information content (AvgIpc) is 2.42. The van der Waals surface area contributed by atoms with E-state index in [9.17, 15) is 0 Å². The summed E-state index contributed by atoms with van der Waals surface area (Å²) in [7, 11) is 1.91. The van der Waals surface area contributed by atoms with Crippen LogP contribution in [-0.4, -0.2) is 7.05 Å². The Morgan fingerprint density at radius 3 is 2.40 bits per heavy atom. The van der Waals surface area contributed by atoms with Crippen molar-refractivity contribution in [3.8, 4) is 0 Å². The largest absolute Gasteiger partial charge is 0.313 e. The fraction of sp³-hybridized carbons (Fsp3) is 0.200. The van der Waals surface area contributed by atoms with Gasteiger partial charge in [-0.1, -0.05) is 50.7 Å². The number of halogens is 4. The molecule has 5 heteroatoms. The second-order valence-corrected chi connectivity index (χ2v) is 6.58. The van der Waals surface area contributed by atoms with Crippen LogP contribution in [0.15, 0.2) is 40.9 Å². The summed E-state index contributed by atoms with van der Waals surface area (Å²) in [5.74, 6) is 0. The topological polar surface area (TPSA) is 12.0 Å². The van der Waals surface area contributed by atoms with E-state index in [1.165, 1.54) is 0 Å². The fourth-order valence-electron chi connectivity index (χ4n) is 2.07. The molecule has 0 bridgehead atoms. The van der Waals surface area contributed by atoms with Crippen LogP contribution in [0.2, 0.25) is 15.1 Å². The Morgan fingerprint density at radius 2 is 1.70 bits per heavy atom. The molecule has 0 saturated heterocycles. The van der Waals surface area contributed by atoms with Crippen molar-refractivity contribution >= 4 is 50.7 Å². The van der Waals surface area contributed by atoms with Crippen molar-refractivity contribution in [2.24, 2.45) is 0 Å². The van der Waals surface area contributed by atoms with Crippen LogP contribution in [0.3, 0.4) is 0 Å². The molecule has 0 spiro atoms. The van der Waals surface area contributed by atoms with E-state index < -0.39 is 0 Å². The molecule has 0 saturated carbocycles. The molecular weight excluding hydrogens is 380 g/mol. The van der Waals surface area contributed by atoms with Crippen LogP contribution in [0.25, 0.3) is 0 Å². The summed E-state index contributed by atoms with van der Waals surface area (Å²) >= 11 is 21.9. The van der Waals surface area contributed by atoms with Gasteiger partial charge in [-0.3, -0.25) is 0 Å². The highest BCUT2D eigenvalue weighted by atomic mass is 79.9. The van der Waals surface area contributed by atoms with Gasteiger partial charge in [0.05, 0.1) is 0 Å². The number of likely N-dealkylation sites (N-methyl/N-ethyl adjacent to an activating group) is 1. The third kappa shape index (κ3) is 3.90. The highest BCUT2D eigenvalue weighted by molar-refractivity contribution is 9.10. The zero-order chi connectivity index (χ0) is 14.7. The van der Waals surface area contributed by atoms with Gasteiger partial charge < -0.3 is 5.32 Å². The van der Waals surface area contributed by atoms with Crippen molar-refractivity contribution in [2.75, 3.05) is 7.05 Å². The first-order valence-corrected chi connectivity index (χ1v) is 8.00. The predicted molar refractivity (Wildman–Crippen MR) is 91.1 cm³/mol. The Bertz CT molecular complexity index is 616. The quantitative estimate of drug-likeness (QED) is 0.681. The summed E-state index contributed by atoms with van der Waals surface area (Å²) in [6, 6.07) is 11.4. The Labute approximate surface area is 142 Å². The summed E-state index contributed by atoms with van der Waals surface area (Å²) in [6.45, 7) is 0. The summed E-state index contributed by atoms with van der Waals surface area (Å²) < 4.78 is 1.01. The van der Waals surface area contributed by atoms with Gasteiger partial charge in [-0.25, -0.2) is 0 Å². The molecule has 2 rings (SSSR count). The zero-order valence-electron chi connectivity index (χ0n) is 10.8. The number of rotatable bonds is 4. The van der Waals surface area contributed by atoms with E-state index in [0.29, 0.717) is 15.1 Å². The van der Waals surface area contributed by atoms with Crippen LogP contribution in [-0.2, 0) is 6.42 Å². The number of hydrogen-bond acceptors (Lipinski definition) is 1. The maximum Gasteiger partial charge on any atom is 0.0439 e. The number of nitrogens with one attached hydrogen (secondary N) is 1. The Hall–Kier alpha value is -0.250. The van der Waals surface area contributed by atoms with Crippen molar-refractivity contribution in [1.82, 2.24) is 5.32 Å². The maximum absolute atomic E-state index is 6.23. The van der Waals surface area contributed by atoms with E-state index in [-0.39, 0.29) is 6.04 Å². The van der Waals surface area contributed by atoms with Crippen molar-refractivity contribution in [3.63, 3.8) is 0 Å². The molecule has 1 atom stereocenters. The molecule has 0 aliphatic heterocycles. The van der Waals surface area contributed by atoms with Gasteiger partial charge in [-0.2, -0.15) is 0 Å². The molecule has 0 aliphatic rings. The predicted octanol–water partition coefficient (Wildman–Crippen LogP) is 5.91. The van der Waals surface area contributed by atoms with E-state index in [2.05, 4.69) is 21.2 Å². The molecule has 1 unspecified atom stereocenters. The standard InChI is InChI=1S/C15H13BrCl3N/c1-20-15(12-8-11(18)2-4-13(12)16)7-9-6-10(17)3-5-14(9)19/h2-6,8,15,20H,7H2,1H3. The van der Waals surface area contributed by atoms with E-state index in [0.717, 1.165) is 22.0 Å². The SMILES string of the molecule is CNC(Cc1cc(Cl)ccc1Cl)c1cc(Cl)ccc1Br. The molecule has 1 N–H and O–H groups in total. The molecule has 0 aromatic heterocycles. The van der Waals surface area contributed by atoms with Gasteiger partial charge in [0, 0.05) is 25.6 Å². The van der Waals surface area contributed by atoms with Gasteiger partial charge in [0.25, 0.3) is 0 Å². The molecule has 20 heavy (non-hydrogen) atoms. The van der Waals surface area contributed by atoms with Crippen LogP contribution in [0.1, 0.15) is 17.2 Å². The Balaban J connectivity index is 2.33. The van der Waals surface area contributed by atoms with E-state index in [1.807, 2.05) is 37.4 Å². The molecule has 2 aromatic rings. The molecular formula is C15H13BrCl3N. The lowest BCUT2D eigenvalue weighted by Crippen LogP contribution is -2.19. The first kappa shape index (κ1) is 16.1. The number of benzene rings is 2. The first-order chi connectivity index (χ1) is 9.51. The second-order valence-electron chi connectivity index (χ2n) is 4.45. The maximum atomic E-state index is 6.23. The third-order valence-corrected chi connectivity index (χ3v) is 4.67. The highest BCUT2D eigenvalue weighted by Gasteiger charge is 2.15. The highest BCUT2D eigenvalue weighted by Crippen LogP contribution is 2.31. The minimum Gasteiger partial charge on any atom is -0.313 e. The summed E-state index contributed by atoms with van der Waals surface area (Å²) in [4.78, 5) is 0. The van der Waals surface area contributed by atoms with Gasteiger partial charge in [-0.05, 0) is 61.0 Å². The van der Waals surface area contributed by atoms with Crippen molar-refractivity contribution in [3.05, 3.63) is 67.1 Å². The lowest BCUT2D eigenvalue weighted by Gasteiger charge is -2.19. The lowest BCUT2D eigenvalue weighted by atomic mass is 9.99. The molecule has 1 nitrogen and oxygen atoms in total. The molecule has 0 aliphatic carbocycles.